The summed E-state index contributed by atoms with van der Waals surface area (Å²) < 4.78 is 7.74. The Hall–Kier alpha value is -3.71. The number of carbonyl (C=O) groups is 1. The fraction of sp³-hybridized carbons (Fsp3) is 0.296. The molecule has 5 rings (SSSR count). The minimum atomic E-state index is -0.204. The highest BCUT2D eigenvalue weighted by Crippen LogP contribution is 2.25. The van der Waals surface area contributed by atoms with Gasteiger partial charge in [0.15, 0.2) is 5.65 Å². The molecule has 34 heavy (non-hydrogen) atoms. The smallest absolute Gasteiger partial charge is 0.327 e. The van der Waals surface area contributed by atoms with Crippen molar-refractivity contribution < 1.29 is 9.53 Å². The van der Waals surface area contributed by atoms with Crippen LogP contribution >= 0.6 is 0 Å². The number of rotatable bonds is 6. The lowest BCUT2D eigenvalue weighted by Crippen LogP contribution is -2.46. The normalized spacial score (nSPS) is 18.1. The number of imidazole rings is 1. The predicted molar refractivity (Wildman–Crippen MR) is 132 cm³/mol. The molecule has 174 valence electrons. The van der Waals surface area contributed by atoms with Crippen LogP contribution in [-0.4, -0.2) is 32.6 Å². The van der Waals surface area contributed by atoms with Gasteiger partial charge in [-0.15, -0.1) is 0 Å². The van der Waals surface area contributed by atoms with E-state index < -0.39 is 0 Å². The average Bonchev–Trinajstić information content (AvgIpc) is 3.17. The topological polar surface area (TPSA) is 89.0 Å². The first-order chi connectivity index (χ1) is 16.6. The molecule has 0 spiro atoms. The van der Waals surface area contributed by atoms with Crippen LogP contribution in [0.4, 0.5) is 0 Å². The van der Waals surface area contributed by atoms with E-state index in [9.17, 15) is 9.59 Å². The predicted octanol–water partition coefficient (Wildman–Crippen LogP) is 4.19. The van der Waals surface area contributed by atoms with Crippen LogP contribution in [0.25, 0.3) is 22.3 Å². The van der Waals surface area contributed by atoms with Crippen molar-refractivity contribution in [3.05, 3.63) is 88.5 Å². The Balaban J connectivity index is 1.31. The molecule has 0 aliphatic heterocycles. The molecule has 2 aromatic carbocycles. The fourth-order valence-electron chi connectivity index (χ4n) is 4.59. The monoisotopic (exact) mass is 456 g/mol. The number of hydrogen-bond acceptors (Lipinski definition) is 4. The number of pyridine rings is 1. The number of nitrogens with one attached hydrogen (secondary N) is 2. The van der Waals surface area contributed by atoms with Crippen molar-refractivity contribution in [2.45, 2.75) is 44.4 Å². The van der Waals surface area contributed by atoms with Crippen LogP contribution in [-0.2, 0) is 18.4 Å². The van der Waals surface area contributed by atoms with Gasteiger partial charge in [0.1, 0.15) is 0 Å². The van der Waals surface area contributed by atoms with E-state index in [0.717, 1.165) is 47.9 Å². The van der Waals surface area contributed by atoms with Gasteiger partial charge in [-0.2, -0.15) is 0 Å². The zero-order chi connectivity index (χ0) is 23.5. The quantitative estimate of drug-likeness (QED) is 0.455. The second-order valence-electron chi connectivity index (χ2n) is 8.86. The molecule has 0 saturated heterocycles. The molecule has 0 bridgehead atoms. The molecule has 4 aromatic rings. The third-order valence-corrected chi connectivity index (χ3v) is 6.54. The van der Waals surface area contributed by atoms with Crippen LogP contribution in [0.2, 0.25) is 0 Å². The molecule has 1 aliphatic rings. The minimum Gasteiger partial charge on any atom is -0.371 e. The first-order valence-corrected chi connectivity index (χ1v) is 11.7. The van der Waals surface area contributed by atoms with Crippen molar-refractivity contribution in [3.8, 4) is 11.1 Å². The number of fused-ring (bicyclic) bond motifs is 1. The Morgan fingerprint density at radius 1 is 1.09 bits per heavy atom. The van der Waals surface area contributed by atoms with Crippen LogP contribution in [0.5, 0.6) is 0 Å². The van der Waals surface area contributed by atoms with E-state index in [2.05, 4.69) is 27.4 Å². The van der Waals surface area contributed by atoms with Gasteiger partial charge in [-0.05, 0) is 42.2 Å². The third-order valence-electron chi connectivity index (χ3n) is 6.54. The number of amides is 1. The highest BCUT2D eigenvalue weighted by molar-refractivity contribution is 5.96. The first kappa shape index (κ1) is 22.1. The summed E-state index contributed by atoms with van der Waals surface area (Å²) in [5.74, 6) is -0.106. The Bertz CT molecular complexity index is 1360. The van der Waals surface area contributed by atoms with Crippen molar-refractivity contribution in [1.29, 1.82) is 0 Å². The summed E-state index contributed by atoms with van der Waals surface area (Å²) in [5.41, 5.74) is 4.50. The van der Waals surface area contributed by atoms with Gasteiger partial charge >= 0.3 is 5.69 Å². The van der Waals surface area contributed by atoms with E-state index in [0.29, 0.717) is 17.8 Å². The lowest BCUT2D eigenvalue weighted by Gasteiger charge is -2.32. The maximum atomic E-state index is 13.2. The van der Waals surface area contributed by atoms with E-state index in [4.69, 9.17) is 4.74 Å². The summed E-state index contributed by atoms with van der Waals surface area (Å²) in [6.45, 7) is 0.546. The molecule has 2 heterocycles. The maximum absolute atomic E-state index is 13.2. The number of carbonyl (C=O) groups excluding carboxylic acids is 1. The number of H-pyrrole nitrogens is 1. The minimum absolute atomic E-state index is 0.00238. The number of aromatic nitrogens is 3. The van der Waals surface area contributed by atoms with Gasteiger partial charge < -0.3 is 10.1 Å². The van der Waals surface area contributed by atoms with Gasteiger partial charge in [0, 0.05) is 24.4 Å². The van der Waals surface area contributed by atoms with Gasteiger partial charge in [0.25, 0.3) is 5.91 Å². The summed E-state index contributed by atoms with van der Waals surface area (Å²) in [6.07, 6.45) is 5.76. The maximum Gasteiger partial charge on any atom is 0.327 e. The largest absolute Gasteiger partial charge is 0.371 e. The molecule has 2 atom stereocenters. The molecule has 7 heteroatoms. The van der Waals surface area contributed by atoms with Crippen molar-refractivity contribution in [1.82, 2.24) is 19.9 Å². The van der Waals surface area contributed by atoms with Gasteiger partial charge in [0.2, 0.25) is 0 Å². The number of ether oxygens (including phenoxy) is 1. The van der Waals surface area contributed by atoms with Crippen molar-refractivity contribution in [2.75, 3.05) is 0 Å². The van der Waals surface area contributed by atoms with Crippen LogP contribution < -0.4 is 11.0 Å². The van der Waals surface area contributed by atoms with Crippen molar-refractivity contribution >= 4 is 17.1 Å². The summed E-state index contributed by atoms with van der Waals surface area (Å²) in [6, 6.07) is 19.5. The summed E-state index contributed by atoms with van der Waals surface area (Å²) in [5, 5.41) is 3.21. The summed E-state index contributed by atoms with van der Waals surface area (Å²) >= 11 is 0. The highest BCUT2D eigenvalue weighted by atomic mass is 16.5. The van der Waals surface area contributed by atoms with E-state index >= 15 is 0 Å². The lowest BCUT2D eigenvalue weighted by atomic mass is 9.92. The molecule has 0 unspecified atom stereocenters. The van der Waals surface area contributed by atoms with Gasteiger partial charge in [-0.3, -0.25) is 14.3 Å². The standard InChI is InChI=1S/C27H28N4O3/c1-31-23-15-21(16-28-25(23)30-27(31)33)19-10-7-11-20(14-19)26(32)29-22-12-5-6-13-24(22)34-17-18-8-3-2-4-9-18/h2-4,7-11,14-16,22,24H,5-6,12-13,17H2,1H3,(H,29,32)(H,28,30,33)/t22-,24+/m0/s1. The van der Waals surface area contributed by atoms with Gasteiger partial charge in [-0.25, -0.2) is 9.78 Å². The number of benzene rings is 2. The van der Waals surface area contributed by atoms with Crippen LogP contribution in [0.15, 0.2) is 71.7 Å². The number of hydrogen-bond donors (Lipinski definition) is 2. The van der Waals surface area contributed by atoms with Gasteiger partial charge in [0.05, 0.1) is 24.3 Å². The lowest BCUT2D eigenvalue weighted by molar-refractivity contribution is -0.00461. The van der Waals surface area contributed by atoms with Crippen LogP contribution in [0.3, 0.4) is 0 Å². The second kappa shape index (κ2) is 9.65. The Labute approximate surface area is 197 Å². The van der Waals surface area contributed by atoms with Crippen LogP contribution in [0.1, 0.15) is 41.6 Å². The molecular formula is C27H28N4O3. The summed E-state index contributed by atoms with van der Waals surface area (Å²) in [4.78, 5) is 32.1. The number of nitrogens with zero attached hydrogens (tertiary/aromatic N) is 2. The zero-order valence-corrected chi connectivity index (χ0v) is 19.2. The average molecular weight is 457 g/mol. The third kappa shape index (κ3) is 4.65. The molecular weight excluding hydrogens is 428 g/mol. The molecule has 1 aliphatic carbocycles. The number of aryl methyl sites for hydroxylation is 1. The fourth-order valence-corrected chi connectivity index (χ4v) is 4.59. The first-order valence-electron chi connectivity index (χ1n) is 11.7. The SMILES string of the molecule is Cn1c(=O)[nH]c2ncc(-c3cccc(C(=O)N[C@H]4CCCC[C@H]4OCc4ccccc4)c3)cc21. The molecule has 2 aromatic heterocycles. The molecule has 2 N–H and O–H groups in total. The molecule has 1 fully saturated rings. The summed E-state index contributed by atoms with van der Waals surface area (Å²) in [7, 11) is 1.71. The highest BCUT2D eigenvalue weighted by Gasteiger charge is 2.27. The molecule has 1 saturated carbocycles. The van der Waals surface area contributed by atoms with E-state index in [-0.39, 0.29) is 23.7 Å². The molecule has 7 nitrogen and oxygen atoms in total. The van der Waals surface area contributed by atoms with Crippen molar-refractivity contribution in [2.24, 2.45) is 7.05 Å². The number of aromatic amines is 1. The van der Waals surface area contributed by atoms with Crippen molar-refractivity contribution in [3.63, 3.8) is 0 Å². The second-order valence-corrected chi connectivity index (χ2v) is 8.86. The molecule has 0 radical (unpaired) electrons. The van der Waals surface area contributed by atoms with E-state index in [1.54, 1.807) is 13.2 Å². The Morgan fingerprint density at radius 2 is 1.91 bits per heavy atom. The Morgan fingerprint density at radius 3 is 2.76 bits per heavy atom. The van der Waals surface area contributed by atoms with Crippen LogP contribution in [0, 0.1) is 0 Å². The molecule has 1 amide bonds. The van der Waals surface area contributed by atoms with E-state index in [1.807, 2.05) is 48.5 Å². The zero-order valence-electron chi connectivity index (χ0n) is 19.2. The Kier molecular flexibility index (Phi) is 6.27. The van der Waals surface area contributed by atoms with Gasteiger partial charge in [-0.1, -0.05) is 55.3 Å². The van der Waals surface area contributed by atoms with E-state index in [1.165, 1.54) is 4.57 Å².